The Bertz CT molecular complexity index is 384. The summed E-state index contributed by atoms with van der Waals surface area (Å²) in [5.74, 6) is 0. The zero-order valence-corrected chi connectivity index (χ0v) is 10.9. The van der Waals surface area contributed by atoms with E-state index in [4.69, 9.17) is 4.74 Å². The molecule has 98 valence electrons. The molecule has 0 unspecified atom stereocenters. The average molecular weight is 246 g/mol. The molecule has 1 saturated heterocycles. The van der Waals surface area contributed by atoms with Crippen LogP contribution in [0.5, 0.6) is 0 Å². The minimum Gasteiger partial charge on any atom is -0.379 e. The number of morpholine rings is 1. The van der Waals surface area contributed by atoms with E-state index in [1.807, 2.05) is 0 Å². The summed E-state index contributed by atoms with van der Waals surface area (Å²) < 4.78 is 5.40. The predicted molar refractivity (Wildman–Crippen MR) is 72.4 cm³/mol. The molecule has 2 fully saturated rings. The Labute approximate surface area is 109 Å². The first kappa shape index (κ1) is 12.2. The smallest absolute Gasteiger partial charge is 0.0594 e. The predicted octanol–water partition coefficient (Wildman–Crippen LogP) is 1.77. The number of nitrogens with zero attached hydrogens (tertiary/aromatic N) is 1. The van der Waals surface area contributed by atoms with E-state index in [1.165, 1.54) is 24.0 Å². The summed E-state index contributed by atoms with van der Waals surface area (Å²) in [7, 11) is 0. The van der Waals surface area contributed by atoms with Crippen LogP contribution in [0.15, 0.2) is 24.3 Å². The molecule has 2 aliphatic rings. The van der Waals surface area contributed by atoms with Crippen LogP contribution in [-0.4, -0.2) is 37.2 Å². The molecular formula is C15H22N2O. The van der Waals surface area contributed by atoms with Crippen LogP contribution in [-0.2, 0) is 17.8 Å². The Morgan fingerprint density at radius 3 is 2.56 bits per heavy atom. The third-order valence-electron chi connectivity index (χ3n) is 3.77. The number of hydrogen-bond donors (Lipinski definition) is 1. The molecule has 1 heterocycles. The maximum Gasteiger partial charge on any atom is 0.0594 e. The normalized spacial score (nSPS) is 21.1. The van der Waals surface area contributed by atoms with E-state index in [0.29, 0.717) is 0 Å². The Morgan fingerprint density at radius 2 is 1.83 bits per heavy atom. The van der Waals surface area contributed by atoms with Gasteiger partial charge in [-0.05, 0) is 24.0 Å². The summed E-state index contributed by atoms with van der Waals surface area (Å²) in [4.78, 5) is 2.49. The topological polar surface area (TPSA) is 24.5 Å². The van der Waals surface area contributed by atoms with Crippen molar-refractivity contribution in [3.8, 4) is 0 Å². The molecule has 1 aliphatic heterocycles. The van der Waals surface area contributed by atoms with E-state index < -0.39 is 0 Å². The van der Waals surface area contributed by atoms with E-state index in [2.05, 4.69) is 34.5 Å². The summed E-state index contributed by atoms with van der Waals surface area (Å²) in [6, 6.07) is 9.59. The first-order valence-corrected chi connectivity index (χ1v) is 7.02. The molecule has 0 bridgehead atoms. The first-order valence-electron chi connectivity index (χ1n) is 7.02. The highest BCUT2D eigenvalue weighted by Gasteiger charge is 2.20. The highest BCUT2D eigenvalue weighted by molar-refractivity contribution is 5.27. The van der Waals surface area contributed by atoms with Gasteiger partial charge in [-0.3, -0.25) is 4.90 Å². The van der Waals surface area contributed by atoms with Crippen molar-refractivity contribution in [2.24, 2.45) is 0 Å². The van der Waals surface area contributed by atoms with E-state index in [0.717, 1.165) is 45.4 Å². The minimum atomic E-state index is 0.779. The SMILES string of the molecule is c1ccc(CN2CCOCC2)c(CNC2CC2)c1. The quantitative estimate of drug-likeness (QED) is 0.857. The number of benzene rings is 1. The van der Waals surface area contributed by atoms with Gasteiger partial charge >= 0.3 is 0 Å². The van der Waals surface area contributed by atoms with Crippen LogP contribution < -0.4 is 5.32 Å². The van der Waals surface area contributed by atoms with Gasteiger partial charge in [-0.15, -0.1) is 0 Å². The van der Waals surface area contributed by atoms with Gasteiger partial charge in [0.2, 0.25) is 0 Å². The van der Waals surface area contributed by atoms with Crippen LogP contribution in [0, 0.1) is 0 Å². The summed E-state index contributed by atoms with van der Waals surface area (Å²) in [5.41, 5.74) is 2.92. The molecule has 1 aromatic rings. The minimum absolute atomic E-state index is 0.779. The summed E-state index contributed by atoms with van der Waals surface area (Å²) in [6.45, 7) is 5.96. The van der Waals surface area contributed by atoms with Crippen LogP contribution in [0.3, 0.4) is 0 Å². The lowest BCUT2D eigenvalue weighted by Gasteiger charge is -2.27. The fourth-order valence-electron chi connectivity index (χ4n) is 2.43. The Balaban J connectivity index is 1.61. The van der Waals surface area contributed by atoms with Gasteiger partial charge in [0.1, 0.15) is 0 Å². The first-order chi connectivity index (χ1) is 8.92. The van der Waals surface area contributed by atoms with Gasteiger partial charge in [0, 0.05) is 32.2 Å². The monoisotopic (exact) mass is 246 g/mol. The van der Waals surface area contributed by atoms with Gasteiger partial charge in [0.15, 0.2) is 0 Å². The van der Waals surface area contributed by atoms with Crippen molar-refractivity contribution < 1.29 is 4.74 Å². The van der Waals surface area contributed by atoms with E-state index in [-0.39, 0.29) is 0 Å². The molecule has 0 atom stereocenters. The Kier molecular flexibility index (Phi) is 3.93. The molecule has 3 nitrogen and oxygen atoms in total. The Hall–Kier alpha value is -0.900. The van der Waals surface area contributed by atoms with Crippen molar-refractivity contribution in [2.75, 3.05) is 26.3 Å². The summed E-state index contributed by atoms with van der Waals surface area (Å²) >= 11 is 0. The molecule has 1 aliphatic carbocycles. The van der Waals surface area contributed by atoms with Crippen molar-refractivity contribution in [3.05, 3.63) is 35.4 Å². The molecule has 1 N–H and O–H groups in total. The van der Waals surface area contributed by atoms with Gasteiger partial charge in [-0.25, -0.2) is 0 Å². The molecule has 3 heteroatoms. The van der Waals surface area contributed by atoms with Crippen molar-refractivity contribution >= 4 is 0 Å². The Morgan fingerprint density at radius 1 is 1.11 bits per heavy atom. The van der Waals surface area contributed by atoms with Gasteiger partial charge in [-0.2, -0.15) is 0 Å². The van der Waals surface area contributed by atoms with Gasteiger partial charge in [-0.1, -0.05) is 24.3 Å². The molecule has 0 spiro atoms. The number of ether oxygens (including phenoxy) is 1. The van der Waals surface area contributed by atoms with Crippen LogP contribution in [0.25, 0.3) is 0 Å². The van der Waals surface area contributed by atoms with Crippen LogP contribution in [0.2, 0.25) is 0 Å². The maximum absolute atomic E-state index is 5.40. The van der Waals surface area contributed by atoms with Crippen LogP contribution in [0.4, 0.5) is 0 Å². The van der Waals surface area contributed by atoms with Crippen LogP contribution >= 0.6 is 0 Å². The average Bonchev–Trinajstić information content (AvgIpc) is 3.23. The van der Waals surface area contributed by atoms with Gasteiger partial charge in [0.05, 0.1) is 13.2 Å². The second kappa shape index (κ2) is 5.83. The van der Waals surface area contributed by atoms with Crippen molar-refractivity contribution in [1.82, 2.24) is 10.2 Å². The molecule has 0 aromatic heterocycles. The van der Waals surface area contributed by atoms with Gasteiger partial charge in [0.25, 0.3) is 0 Å². The highest BCUT2D eigenvalue weighted by Crippen LogP contribution is 2.20. The van der Waals surface area contributed by atoms with E-state index >= 15 is 0 Å². The van der Waals surface area contributed by atoms with E-state index in [9.17, 15) is 0 Å². The highest BCUT2D eigenvalue weighted by atomic mass is 16.5. The van der Waals surface area contributed by atoms with Crippen molar-refractivity contribution in [1.29, 1.82) is 0 Å². The van der Waals surface area contributed by atoms with Crippen molar-refractivity contribution in [3.63, 3.8) is 0 Å². The molecule has 0 radical (unpaired) electrons. The second-order valence-electron chi connectivity index (χ2n) is 5.31. The zero-order valence-electron chi connectivity index (χ0n) is 10.9. The lowest BCUT2D eigenvalue weighted by molar-refractivity contribution is 0.0340. The maximum atomic E-state index is 5.40. The fraction of sp³-hybridized carbons (Fsp3) is 0.600. The number of nitrogens with one attached hydrogen (secondary N) is 1. The lowest BCUT2D eigenvalue weighted by Crippen LogP contribution is -2.36. The molecular weight excluding hydrogens is 224 g/mol. The number of hydrogen-bond acceptors (Lipinski definition) is 3. The van der Waals surface area contributed by atoms with Gasteiger partial charge < -0.3 is 10.1 Å². The van der Waals surface area contributed by atoms with Crippen molar-refractivity contribution in [2.45, 2.75) is 32.0 Å². The standard InChI is InChI=1S/C15H22N2O/c1-2-4-14(12-17-7-9-18-10-8-17)13(3-1)11-16-15-5-6-15/h1-4,15-16H,5-12H2. The summed E-state index contributed by atoms with van der Waals surface area (Å²) in [6.07, 6.45) is 2.71. The molecule has 1 saturated carbocycles. The number of rotatable bonds is 5. The van der Waals surface area contributed by atoms with Crippen LogP contribution in [0.1, 0.15) is 24.0 Å². The third-order valence-corrected chi connectivity index (χ3v) is 3.77. The largest absolute Gasteiger partial charge is 0.379 e. The fourth-order valence-corrected chi connectivity index (χ4v) is 2.43. The molecule has 1 aromatic carbocycles. The molecule has 3 rings (SSSR count). The molecule has 0 amide bonds. The summed E-state index contributed by atoms with van der Waals surface area (Å²) in [5, 5.41) is 3.61. The lowest BCUT2D eigenvalue weighted by atomic mass is 10.1. The molecule has 18 heavy (non-hydrogen) atoms. The third kappa shape index (κ3) is 3.31. The zero-order chi connectivity index (χ0) is 12.2. The van der Waals surface area contributed by atoms with E-state index in [1.54, 1.807) is 0 Å². The second-order valence-corrected chi connectivity index (χ2v) is 5.31.